The minimum atomic E-state index is -0.974. The fourth-order valence-corrected chi connectivity index (χ4v) is 2.41. The van der Waals surface area contributed by atoms with Crippen molar-refractivity contribution in [2.45, 2.75) is 6.42 Å². The molecule has 0 unspecified atom stereocenters. The molecule has 0 saturated carbocycles. The summed E-state index contributed by atoms with van der Waals surface area (Å²) in [7, 11) is 0. The molecule has 0 bridgehead atoms. The van der Waals surface area contributed by atoms with Crippen LogP contribution in [0.5, 0.6) is 0 Å². The predicted molar refractivity (Wildman–Crippen MR) is 84.5 cm³/mol. The lowest BCUT2D eigenvalue weighted by Gasteiger charge is -2.07. The van der Waals surface area contributed by atoms with E-state index in [0.717, 1.165) is 12.1 Å². The number of carbonyl (C=O) groups excluding carboxylic acids is 1. The largest absolute Gasteiger partial charge is 0.310 e. The number of alkyl halides is 1. The van der Waals surface area contributed by atoms with Gasteiger partial charge in [-0.2, -0.15) is 0 Å². The van der Waals surface area contributed by atoms with Crippen molar-refractivity contribution in [3.8, 4) is 11.3 Å². The summed E-state index contributed by atoms with van der Waals surface area (Å²) in [6, 6.07) is 8.81. The third-order valence-corrected chi connectivity index (χ3v) is 3.49. The molecule has 23 heavy (non-hydrogen) atoms. The minimum Gasteiger partial charge on any atom is -0.310 e. The van der Waals surface area contributed by atoms with Crippen LogP contribution in [-0.4, -0.2) is 21.2 Å². The van der Waals surface area contributed by atoms with Gasteiger partial charge in [-0.25, -0.2) is 13.8 Å². The number of hydrogen-bond donors (Lipinski definition) is 1. The summed E-state index contributed by atoms with van der Waals surface area (Å²) in [5.41, 5.74) is 1.31. The molecule has 7 heteroatoms. The van der Waals surface area contributed by atoms with Gasteiger partial charge in [0.05, 0.1) is 0 Å². The molecule has 2 aromatic heterocycles. The maximum Gasteiger partial charge on any atom is 0.226 e. The molecular formula is C16H12ClF2N3O. The van der Waals surface area contributed by atoms with Crippen LogP contribution in [0.1, 0.15) is 6.42 Å². The van der Waals surface area contributed by atoms with E-state index in [-0.39, 0.29) is 18.2 Å². The van der Waals surface area contributed by atoms with E-state index in [2.05, 4.69) is 10.3 Å². The van der Waals surface area contributed by atoms with Gasteiger partial charge in [-0.3, -0.25) is 9.20 Å². The van der Waals surface area contributed by atoms with Crippen molar-refractivity contribution >= 4 is 29.0 Å². The molecule has 0 aliphatic heterocycles. The van der Waals surface area contributed by atoms with Crippen molar-refractivity contribution in [1.29, 1.82) is 0 Å². The first-order chi connectivity index (χ1) is 11.1. The number of halogens is 3. The van der Waals surface area contributed by atoms with E-state index in [1.54, 1.807) is 28.8 Å². The Bertz CT molecular complexity index is 879. The SMILES string of the molecule is O=C(CCCl)Nc1c(-c2ccc(F)c(F)c2)nc2ccccn12. The van der Waals surface area contributed by atoms with Crippen LogP contribution in [0, 0.1) is 11.6 Å². The van der Waals surface area contributed by atoms with E-state index < -0.39 is 11.6 Å². The lowest BCUT2D eigenvalue weighted by molar-refractivity contribution is -0.115. The molecule has 2 heterocycles. The smallest absolute Gasteiger partial charge is 0.226 e. The molecule has 0 spiro atoms. The summed E-state index contributed by atoms with van der Waals surface area (Å²) in [6.07, 6.45) is 1.86. The second kappa shape index (κ2) is 6.34. The van der Waals surface area contributed by atoms with Gasteiger partial charge in [0.2, 0.25) is 5.91 Å². The van der Waals surface area contributed by atoms with Crippen molar-refractivity contribution in [1.82, 2.24) is 9.38 Å². The Kier molecular flexibility index (Phi) is 4.25. The number of carbonyl (C=O) groups is 1. The summed E-state index contributed by atoms with van der Waals surface area (Å²) in [6.45, 7) is 0. The summed E-state index contributed by atoms with van der Waals surface area (Å²) < 4.78 is 28.3. The quantitative estimate of drug-likeness (QED) is 0.736. The van der Waals surface area contributed by atoms with E-state index in [0.29, 0.717) is 22.7 Å². The summed E-state index contributed by atoms with van der Waals surface area (Å²) >= 11 is 5.58. The number of nitrogens with zero attached hydrogens (tertiary/aromatic N) is 2. The average Bonchev–Trinajstić information content (AvgIpc) is 2.89. The number of pyridine rings is 1. The Hall–Kier alpha value is -2.47. The van der Waals surface area contributed by atoms with Gasteiger partial charge in [0.15, 0.2) is 11.6 Å². The highest BCUT2D eigenvalue weighted by molar-refractivity contribution is 6.19. The highest BCUT2D eigenvalue weighted by Crippen LogP contribution is 2.29. The molecule has 0 saturated heterocycles. The van der Waals surface area contributed by atoms with Crippen molar-refractivity contribution in [2.24, 2.45) is 0 Å². The first kappa shape index (κ1) is 15.4. The fraction of sp³-hybridized carbons (Fsp3) is 0.125. The van der Waals surface area contributed by atoms with Crippen molar-refractivity contribution < 1.29 is 13.6 Å². The molecule has 1 amide bonds. The van der Waals surface area contributed by atoms with Crippen molar-refractivity contribution in [3.05, 3.63) is 54.2 Å². The number of fused-ring (bicyclic) bond motifs is 1. The molecule has 3 aromatic rings. The zero-order chi connectivity index (χ0) is 16.4. The molecule has 0 radical (unpaired) electrons. The molecule has 4 nitrogen and oxygen atoms in total. The average molecular weight is 336 g/mol. The second-order valence-electron chi connectivity index (χ2n) is 4.85. The van der Waals surface area contributed by atoms with Crippen LogP contribution in [0.2, 0.25) is 0 Å². The van der Waals surface area contributed by atoms with Crippen LogP contribution in [0.25, 0.3) is 16.9 Å². The number of anilines is 1. The number of amides is 1. The zero-order valence-corrected chi connectivity index (χ0v) is 12.6. The van der Waals surface area contributed by atoms with Gasteiger partial charge in [-0.05, 0) is 30.3 Å². The topological polar surface area (TPSA) is 46.4 Å². The molecular weight excluding hydrogens is 324 g/mol. The number of rotatable bonds is 4. The lowest BCUT2D eigenvalue weighted by atomic mass is 10.1. The van der Waals surface area contributed by atoms with Crippen LogP contribution in [0.4, 0.5) is 14.6 Å². The molecule has 0 aliphatic rings. The van der Waals surface area contributed by atoms with Gasteiger partial charge in [0.25, 0.3) is 0 Å². The van der Waals surface area contributed by atoms with Gasteiger partial charge >= 0.3 is 0 Å². The van der Waals surface area contributed by atoms with E-state index in [4.69, 9.17) is 11.6 Å². The van der Waals surface area contributed by atoms with Crippen LogP contribution in [-0.2, 0) is 4.79 Å². The maximum atomic E-state index is 13.5. The molecule has 0 aliphatic carbocycles. The summed E-state index contributed by atoms with van der Waals surface area (Å²) in [5, 5.41) is 2.73. The monoisotopic (exact) mass is 335 g/mol. The van der Waals surface area contributed by atoms with Crippen LogP contribution in [0.3, 0.4) is 0 Å². The standard InChI is InChI=1S/C16H12ClF2N3O/c17-7-6-14(23)21-16-15(10-4-5-11(18)12(19)9-10)20-13-3-1-2-8-22(13)16/h1-5,8-9H,6-7H2,(H,21,23). The van der Waals surface area contributed by atoms with E-state index in [1.807, 2.05) is 0 Å². The highest BCUT2D eigenvalue weighted by Gasteiger charge is 2.17. The molecule has 3 rings (SSSR count). The first-order valence-corrected chi connectivity index (χ1v) is 7.42. The Morgan fingerprint density at radius 1 is 1.22 bits per heavy atom. The molecule has 0 fully saturated rings. The maximum absolute atomic E-state index is 13.5. The molecule has 1 N–H and O–H groups in total. The van der Waals surface area contributed by atoms with Gasteiger partial charge in [-0.15, -0.1) is 11.6 Å². The third kappa shape index (κ3) is 3.03. The number of nitrogens with one attached hydrogen (secondary N) is 1. The fourth-order valence-electron chi connectivity index (χ4n) is 2.24. The van der Waals surface area contributed by atoms with Gasteiger partial charge < -0.3 is 5.32 Å². The van der Waals surface area contributed by atoms with Crippen LogP contribution in [0.15, 0.2) is 42.6 Å². The third-order valence-electron chi connectivity index (χ3n) is 3.30. The van der Waals surface area contributed by atoms with Crippen LogP contribution >= 0.6 is 11.6 Å². The van der Waals surface area contributed by atoms with Crippen molar-refractivity contribution in [2.75, 3.05) is 11.2 Å². The molecule has 0 atom stereocenters. The van der Waals surface area contributed by atoms with Gasteiger partial charge in [0.1, 0.15) is 17.2 Å². The number of imidazole rings is 1. The Labute approximate surface area is 135 Å². The normalized spacial score (nSPS) is 10.9. The predicted octanol–water partition coefficient (Wildman–Crippen LogP) is 3.85. The summed E-state index contributed by atoms with van der Waals surface area (Å²) in [4.78, 5) is 16.3. The van der Waals surface area contributed by atoms with Crippen LogP contribution < -0.4 is 5.32 Å². The van der Waals surface area contributed by atoms with E-state index >= 15 is 0 Å². The summed E-state index contributed by atoms with van der Waals surface area (Å²) in [5.74, 6) is -1.62. The van der Waals surface area contributed by atoms with Crippen molar-refractivity contribution in [3.63, 3.8) is 0 Å². The Morgan fingerprint density at radius 2 is 2.04 bits per heavy atom. The van der Waals surface area contributed by atoms with Gasteiger partial charge in [-0.1, -0.05) is 6.07 Å². The molecule has 1 aromatic carbocycles. The highest BCUT2D eigenvalue weighted by atomic mass is 35.5. The lowest BCUT2D eigenvalue weighted by Crippen LogP contribution is -2.14. The number of hydrogen-bond acceptors (Lipinski definition) is 2. The van der Waals surface area contributed by atoms with E-state index in [1.165, 1.54) is 6.07 Å². The van der Waals surface area contributed by atoms with E-state index in [9.17, 15) is 13.6 Å². The Morgan fingerprint density at radius 3 is 2.78 bits per heavy atom. The first-order valence-electron chi connectivity index (χ1n) is 6.88. The second-order valence-corrected chi connectivity index (χ2v) is 5.23. The number of benzene rings is 1. The van der Waals surface area contributed by atoms with Gasteiger partial charge in [0, 0.05) is 24.1 Å². The molecule has 118 valence electrons. The minimum absolute atomic E-state index is 0.138. The number of aromatic nitrogens is 2. The Balaban J connectivity index is 2.14. The zero-order valence-electron chi connectivity index (χ0n) is 11.9.